The molecule has 5 nitrogen and oxygen atoms in total. The third-order valence-electron chi connectivity index (χ3n) is 2.06. The second-order valence-corrected chi connectivity index (χ2v) is 3.95. The van der Waals surface area contributed by atoms with Gasteiger partial charge in [0.1, 0.15) is 28.1 Å². The lowest BCUT2D eigenvalue weighted by molar-refractivity contribution is 0.412. The number of benzene rings is 1. The lowest BCUT2D eigenvalue weighted by Crippen LogP contribution is -1.96. The first-order valence-electron chi connectivity index (χ1n) is 4.78. The topological polar surface area (TPSA) is 70.3 Å². The van der Waals surface area contributed by atoms with Crippen LogP contribution in [0, 0.1) is 0 Å². The Morgan fingerprint density at radius 2 is 1.76 bits per heavy atom. The molecule has 0 unspecified atom stereocenters. The zero-order chi connectivity index (χ0) is 12.3. The first-order valence-corrected chi connectivity index (χ1v) is 5.58. The van der Waals surface area contributed by atoms with Crippen LogP contribution < -0.4 is 15.2 Å². The predicted octanol–water partition coefficient (Wildman–Crippen LogP) is 2.62. The van der Waals surface area contributed by atoms with Crippen LogP contribution in [0.3, 0.4) is 0 Å². The van der Waals surface area contributed by atoms with Gasteiger partial charge in [-0.05, 0) is 40.2 Å². The van der Waals surface area contributed by atoms with Crippen LogP contribution in [0.15, 0.2) is 35.1 Å². The van der Waals surface area contributed by atoms with E-state index in [9.17, 15) is 0 Å². The van der Waals surface area contributed by atoms with Crippen molar-refractivity contribution in [2.24, 2.45) is 0 Å². The van der Waals surface area contributed by atoms with Crippen LogP contribution in [0.1, 0.15) is 0 Å². The SMILES string of the molecule is COc1ccc(Oc2ncnc(N)c2Br)cc1. The maximum atomic E-state index is 5.62. The molecular weight excluding hydrogens is 286 g/mol. The summed E-state index contributed by atoms with van der Waals surface area (Å²) in [7, 11) is 1.61. The fourth-order valence-electron chi connectivity index (χ4n) is 1.19. The number of nitrogens with two attached hydrogens (primary N) is 1. The highest BCUT2D eigenvalue weighted by Crippen LogP contribution is 2.30. The number of methoxy groups -OCH3 is 1. The minimum atomic E-state index is 0.337. The standard InChI is InChI=1S/C11H10BrN3O2/c1-16-7-2-4-8(5-3-7)17-11-9(12)10(13)14-6-15-11/h2-6H,1H3,(H2,13,14,15). The number of nitrogens with zero attached hydrogens (tertiary/aromatic N) is 2. The van der Waals surface area contributed by atoms with Gasteiger partial charge in [0, 0.05) is 0 Å². The van der Waals surface area contributed by atoms with E-state index in [1.165, 1.54) is 6.33 Å². The quantitative estimate of drug-likeness (QED) is 0.942. The first kappa shape index (κ1) is 11.7. The largest absolute Gasteiger partial charge is 0.497 e. The Morgan fingerprint density at radius 3 is 2.41 bits per heavy atom. The molecule has 0 aliphatic heterocycles. The van der Waals surface area contributed by atoms with Gasteiger partial charge in [0.25, 0.3) is 0 Å². The highest BCUT2D eigenvalue weighted by atomic mass is 79.9. The molecule has 0 radical (unpaired) electrons. The number of rotatable bonds is 3. The van der Waals surface area contributed by atoms with Gasteiger partial charge in [-0.1, -0.05) is 0 Å². The van der Waals surface area contributed by atoms with E-state index in [-0.39, 0.29) is 0 Å². The van der Waals surface area contributed by atoms with Gasteiger partial charge in [-0.25, -0.2) is 9.97 Å². The minimum absolute atomic E-state index is 0.337. The van der Waals surface area contributed by atoms with Gasteiger partial charge in [-0.3, -0.25) is 0 Å². The molecule has 0 bridgehead atoms. The van der Waals surface area contributed by atoms with Crippen LogP contribution in [0.5, 0.6) is 17.4 Å². The number of halogens is 1. The summed E-state index contributed by atoms with van der Waals surface area (Å²) >= 11 is 3.27. The molecule has 0 spiro atoms. The summed E-state index contributed by atoms with van der Waals surface area (Å²) in [5.74, 6) is 2.12. The number of nitrogen functional groups attached to an aromatic ring is 1. The number of hydrogen-bond acceptors (Lipinski definition) is 5. The van der Waals surface area contributed by atoms with Crippen molar-refractivity contribution in [2.45, 2.75) is 0 Å². The van der Waals surface area contributed by atoms with Crippen LogP contribution in [-0.4, -0.2) is 17.1 Å². The minimum Gasteiger partial charge on any atom is -0.497 e. The van der Waals surface area contributed by atoms with Gasteiger partial charge in [0.2, 0.25) is 5.88 Å². The van der Waals surface area contributed by atoms with E-state index in [0.717, 1.165) is 5.75 Å². The van der Waals surface area contributed by atoms with E-state index in [1.807, 2.05) is 0 Å². The molecule has 0 amide bonds. The Morgan fingerprint density at radius 1 is 1.12 bits per heavy atom. The van der Waals surface area contributed by atoms with Crippen molar-refractivity contribution in [3.05, 3.63) is 35.1 Å². The highest BCUT2D eigenvalue weighted by molar-refractivity contribution is 9.10. The molecular formula is C11H10BrN3O2. The van der Waals surface area contributed by atoms with Gasteiger partial charge >= 0.3 is 0 Å². The van der Waals surface area contributed by atoms with Crippen LogP contribution in [-0.2, 0) is 0 Å². The second kappa shape index (κ2) is 5.01. The van der Waals surface area contributed by atoms with Crippen molar-refractivity contribution < 1.29 is 9.47 Å². The molecule has 0 saturated carbocycles. The van der Waals surface area contributed by atoms with Gasteiger partial charge in [0.15, 0.2) is 0 Å². The molecule has 1 aromatic heterocycles. The fraction of sp³-hybridized carbons (Fsp3) is 0.0909. The predicted molar refractivity (Wildman–Crippen MR) is 67.2 cm³/mol. The summed E-state index contributed by atoms with van der Waals surface area (Å²) in [4.78, 5) is 7.81. The van der Waals surface area contributed by atoms with Gasteiger partial charge < -0.3 is 15.2 Å². The third-order valence-corrected chi connectivity index (χ3v) is 2.80. The van der Waals surface area contributed by atoms with Gasteiger partial charge in [-0.15, -0.1) is 0 Å². The van der Waals surface area contributed by atoms with E-state index >= 15 is 0 Å². The number of aromatic nitrogens is 2. The van der Waals surface area contributed by atoms with Crippen molar-refractivity contribution in [1.82, 2.24) is 9.97 Å². The Kier molecular flexibility index (Phi) is 3.43. The van der Waals surface area contributed by atoms with Crippen molar-refractivity contribution in [3.8, 4) is 17.4 Å². The average molecular weight is 296 g/mol. The molecule has 0 fully saturated rings. The molecule has 2 rings (SSSR count). The summed E-state index contributed by atoms with van der Waals surface area (Å²) in [6.45, 7) is 0. The van der Waals surface area contributed by atoms with Crippen molar-refractivity contribution in [2.75, 3.05) is 12.8 Å². The Labute approximate surface area is 107 Å². The second-order valence-electron chi connectivity index (χ2n) is 3.16. The Hall–Kier alpha value is -1.82. The van der Waals surface area contributed by atoms with Crippen LogP contribution in [0.25, 0.3) is 0 Å². The third kappa shape index (κ3) is 2.65. The van der Waals surface area contributed by atoms with Crippen LogP contribution in [0.4, 0.5) is 5.82 Å². The molecule has 88 valence electrons. The summed E-state index contributed by atoms with van der Waals surface area (Å²) in [6.07, 6.45) is 1.35. The Bertz CT molecular complexity index is 517. The lowest BCUT2D eigenvalue weighted by Gasteiger charge is -2.07. The van der Waals surface area contributed by atoms with E-state index in [4.69, 9.17) is 15.2 Å². The molecule has 0 aliphatic carbocycles. The molecule has 1 heterocycles. The average Bonchev–Trinajstić information content (AvgIpc) is 2.36. The van der Waals surface area contributed by atoms with E-state index < -0.39 is 0 Å². The number of anilines is 1. The van der Waals surface area contributed by atoms with Crippen molar-refractivity contribution in [3.63, 3.8) is 0 Å². The number of hydrogen-bond donors (Lipinski definition) is 1. The summed E-state index contributed by atoms with van der Waals surface area (Å²) in [5, 5.41) is 0. The van der Waals surface area contributed by atoms with E-state index in [2.05, 4.69) is 25.9 Å². The normalized spacial score (nSPS) is 10.0. The van der Waals surface area contributed by atoms with Gasteiger partial charge in [0.05, 0.1) is 7.11 Å². The molecule has 17 heavy (non-hydrogen) atoms. The molecule has 0 aliphatic rings. The zero-order valence-corrected chi connectivity index (χ0v) is 10.6. The molecule has 2 aromatic rings. The summed E-state index contributed by atoms with van der Waals surface area (Å²) < 4.78 is 11.1. The van der Waals surface area contributed by atoms with Crippen LogP contribution >= 0.6 is 15.9 Å². The maximum Gasteiger partial charge on any atom is 0.238 e. The summed E-state index contributed by atoms with van der Waals surface area (Å²) in [6, 6.07) is 7.16. The monoisotopic (exact) mass is 295 g/mol. The lowest BCUT2D eigenvalue weighted by atomic mass is 10.3. The molecule has 0 saturated heterocycles. The molecule has 2 N–H and O–H groups in total. The number of ether oxygens (including phenoxy) is 2. The smallest absolute Gasteiger partial charge is 0.238 e. The summed E-state index contributed by atoms with van der Waals surface area (Å²) in [5.41, 5.74) is 5.62. The first-order chi connectivity index (χ1) is 8.20. The maximum absolute atomic E-state index is 5.62. The highest BCUT2D eigenvalue weighted by Gasteiger charge is 2.08. The van der Waals surface area contributed by atoms with Crippen molar-refractivity contribution >= 4 is 21.7 Å². The zero-order valence-electron chi connectivity index (χ0n) is 9.05. The van der Waals surface area contributed by atoms with Crippen LogP contribution in [0.2, 0.25) is 0 Å². The molecule has 1 aromatic carbocycles. The van der Waals surface area contributed by atoms with E-state index in [1.54, 1.807) is 31.4 Å². The van der Waals surface area contributed by atoms with Gasteiger partial charge in [-0.2, -0.15) is 0 Å². The fourth-order valence-corrected chi connectivity index (χ4v) is 1.48. The van der Waals surface area contributed by atoms with E-state index in [0.29, 0.717) is 21.9 Å². The Balaban J connectivity index is 2.22. The molecule has 6 heteroatoms. The molecule has 0 atom stereocenters. The van der Waals surface area contributed by atoms with Crippen molar-refractivity contribution in [1.29, 1.82) is 0 Å².